The Morgan fingerprint density at radius 1 is 1.22 bits per heavy atom. The number of nitrogens with one attached hydrogen (secondary N) is 1. The summed E-state index contributed by atoms with van der Waals surface area (Å²) >= 11 is 0. The molecule has 6 nitrogen and oxygen atoms in total. The zero-order valence-electron chi connectivity index (χ0n) is 16.2. The van der Waals surface area contributed by atoms with Crippen molar-refractivity contribution in [3.8, 4) is 6.07 Å². The summed E-state index contributed by atoms with van der Waals surface area (Å²) in [6.07, 6.45) is 6.04. The van der Waals surface area contributed by atoms with E-state index in [1.54, 1.807) is 17.0 Å². The first-order chi connectivity index (χ1) is 13.1. The van der Waals surface area contributed by atoms with Crippen molar-refractivity contribution >= 4 is 6.03 Å². The number of ether oxygens (including phenoxy) is 1. The normalized spacial score (nSPS) is 19.9. The van der Waals surface area contributed by atoms with E-state index in [0.29, 0.717) is 18.7 Å². The van der Waals surface area contributed by atoms with E-state index in [2.05, 4.69) is 16.3 Å². The molecular weight excluding hydrogens is 340 g/mol. The van der Waals surface area contributed by atoms with Crippen LogP contribution in [0.4, 0.5) is 4.79 Å². The molecule has 3 rings (SSSR count). The molecule has 2 aliphatic rings. The van der Waals surface area contributed by atoms with E-state index >= 15 is 0 Å². The van der Waals surface area contributed by atoms with Gasteiger partial charge in [0.2, 0.25) is 0 Å². The van der Waals surface area contributed by atoms with E-state index < -0.39 is 0 Å². The van der Waals surface area contributed by atoms with Gasteiger partial charge in [0.25, 0.3) is 0 Å². The molecule has 2 fully saturated rings. The second-order valence-electron chi connectivity index (χ2n) is 7.71. The molecule has 1 N–H and O–H groups in total. The molecule has 2 amide bonds. The van der Waals surface area contributed by atoms with E-state index in [1.165, 1.54) is 19.3 Å². The van der Waals surface area contributed by atoms with Crippen LogP contribution < -0.4 is 5.32 Å². The number of hydrogen-bond acceptors (Lipinski definition) is 4. The average Bonchev–Trinajstić information content (AvgIpc) is 2.74. The lowest BCUT2D eigenvalue weighted by Gasteiger charge is -2.48. The van der Waals surface area contributed by atoms with Gasteiger partial charge >= 0.3 is 6.03 Å². The van der Waals surface area contributed by atoms with Crippen molar-refractivity contribution in [3.63, 3.8) is 0 Å². The van der Waals surface area contributed by atoms with Crippen LogP contribution in [0.2, 0.25) is 0 Å². The third-order valence-electron chi connectivity index (χ3n) is 5.88. The fraction of sp³-hybridized carbons (Fsp3) is 0.619. The minimum absolute atomic E-state index is 0.0439. The number of hydrogen-bond donors (Lipinski definition) is 1. The van der Waals surface area contributed by atoms with E-state index in [9.17, 15) is 4.79 Å². The van der Waals surface area contributed by atoms with Gasteiger partial charge in [-0.3, -0.25) is 4.90 Å². The first kappa shape index (κ1) is 19.7. The fourth-order valence-corrected chi connectivity index (χ4v) is 4.26. The Hall–Kier alpha value is -2.10. The van der Waals surface area contributed by atoms with Gasteiger partial charge in [0.05, 0.1) is 24.8 Å². The molecule has 0 bridgehead atoms. The van der Waals surface area contributed by atoms with Gasteiger partial charge in [0.1, 0.15) is 0 Å². The molecule has 1 aromatic rings. The first-order valence-electron chi connectivity index (χ1n) is 9.94. The summed E-state index contributed by atoms with van der Waals surface area (Å²) in [6, 6.07) is 9.45. The molecule has 27 heavy (non-hydrogen) atoms. The number of carbonyl (C=O) groups excluding carboxylic acids is 1. The number of morpholine rings is 1. The Kier molecular flexibility index (Phi) is 6.70. The largest absolute Gasteiger partial charge is 0.379 e. The van der Waals surface area contributed by atoms with E-state index in [-0.39, 0.29) is 11.6 Å². The molecule has 1 heterocycles. The molecule has 0 radical (unpaired) electrons. The third kappa shape index (κ3) is 5.00. The lowest BCUT2D eigenvalue weighted by Crippen LogP contribution is -2.60. The number of benzene rings is 1. The standard InChI is InChI=1S/C21H30N4O2/c1-24(16-19-7-5-18(15-22)6-8-19)20(26)23-17-21(9-3-2-4-10-21)25-11-13-27-14-12-25/h5-8H,2-4,9-14,16-17H2,1H3,(H,23,26). The summed E-state index contributed by atoms with van der Waals surface area (Å²) in [5.74, 6) is 0. The molecule has 1 aromatic carbocycles. The highest BCUT2D eigenvalue weighted by atomic mass is 16.5. The van der Waals surface area contributed by atoms with Crippen LogP contribution in [-0.2, 0) is 11.3 Å². The van der Waals surface area contributed by atoms with E-state index in [1.807, 2.05) is 19.2 Å². The summed E-state index contributed by atoms with van der Waals surface area (Å²) < 4.78 is 5.52. The van der Waals surface area contributed by atoms with Crippen molar-refractivity contribution in [2.24, 2.45) is 0 Å². The number of amides is 2. The quantitative estimate of drug-likeness (QED) is 0.865. The molecule has 0 spiro atoms. The number of rotatable bonds is 5. The van der Waals surface area contributed by atoms with Crippen LogP contribution in [0.3, 0.4) is 0 Å². The number of carbonyl (C=O) groups is 1. The predicted octanol–water partition coefficient (Wildman–Crippen LogP) is 2.73. The first-order valence-corrected chi connectivity index (χ1v) is 9.94. The Bertz CT molecular complexity index is 656. The highest BCUT2D eigenvalue weighted by molar-refractivity contribution is 5.74. The molecule has 1 aliphatic carbocycles. The summed E-state index contributed by atoms with van der Waals surface area (Å²) in [4.78, 5) is 16.9. The summed E-state index contributed by atoms with van der Waals surface area (Å²) in [6.45, 7) is 4.71. The monoisotopic (exact) mass is 370 g/mol. The average molecular weight is 370 g/mol. The fourth-order valence-electron chi connectivity index (χ4n) is 4.26. The number of urea groups is 1. The number of nitriles is 1. The Morgan fingerprint density at radius 2 is 1.89 bits per heavy atom. The van der Waals surface area contributed by atoms with Crippen molar-refractivity contribution in [2.45, 2.75) is 44.2 Å². The molecule has 146 valence electrons. The Balaban J connectivity index is 1.57. The van der Waals surface area contributed by atoms with Gasteiger partial charge in [-0.1, -0.05) is 31.4 Å². The van der Waals surface area contributed by atoms with Crippen molar-refractivity contribution in [1.29, 1.82) is 5.26 Å². The molecular formula is C21H30N4O2. The topological polar surface area (TPSA) is 68.6 Å². The summed E-state index contributed by atoms with van der Waals surface area (Å²) in [7, 11) is 1.82. The highest BCUT2D eigenvalue weighted by Crippen LogP contribution is 2.33. The second kappa shape index (κ2) is 9.20. The molecule has 1 saturated heterocycles. The van der Waals surface area contributed by atoms with Gasteiger partial charge in [0, 0.05) is 38.8 Å². The molecule has 0 aromatic heterocycles. The molecule has 0 unspecified atom stereocenters. The predicted molar refractivity (Wildman–Crippen MR) is 104 cm³/mol. The second-order valence-corrected chi connectivity index (χ2v) is 7.71. The Morgan fingerprint density at radius 3 is 2.52 bits per heavy atom. The zero-order valence-corrected chi connectivity index (χ0v) is 16.2. The highest BCUT2D eigenvalue weighted by Gasteiger charge is 2.38. The van der Waals surface area contributed by atoms with Crippen molar-refractivity contribution in [1.82, 2.24) is 15.1 Å². The van der Waals surface area contributed by atoms with E-state index in [4.69, 9.17) is 10.00 Å². The maximum atomic E-state index is 12.7. The third-order valence-corrected chi connectivity index (χ3v) is 5.88. The maximum absolute atomic E-state index is 12.7. The van der Waals surface area contributed by atoms with Crippen molar-refractivity contribution < 1.29 is 9.53 Å². The molecule has 6 heteroatoms. The minimum atomic E-state index is -0.0439. The van der Waals surface area contributed by atoms with Crippen LogP contribution in [0.1, 0.15) is 43.2 Å². The molecule has 0 atom stereocenters. The smallest absolute Gasteiger partial charge is 0.317 e. The maximum Gasteiger partial charge on any atom is 0.317 e. The van der Waals surface area contributed by atoms with Crippen molar-refractivity contribution in [2.75, 3.05) is 39.9 Å². The molecule has 1 aliphatic heterocycles. The van der Waals surface area contributed by atoms with Gasteiger partial charge in [-0.25, -0.2) is 4.79 Å². The zero-order chi connectivity index (χ0) is 19.1. The lowest BCUT2D eigenvalue weighted by molar-refractivity contribution is -0.0360. The van der Waals surface area contributed by atoms with Gasteiger partial charge in [-0.15, -0.1) is 0 Å². The van der Waals surface area contributed by atoms with Gasteiger partial charge in [0.15, 0.2) is 0 Å². The number of nitrogens with zero attached hydrogens (tertiary/aromatic N) is 3. The van der Waals surface area contributed by atoms with Crippen LogP contribution in [0, 0.1) is 11.3 Å². The van der Waals surface area contributed by atoms with Crippen molar-refractivity contribution in [3.05, 3.63) is 35.4 Å². The summed E-state index contributed by atoms with van der Waals surface area (Å²) in [5, 5.41) is 12.1. The summed E-state index contributed by atoms with van der Waals surface area (Å²) in [5.41, 5.74) is 1.73. The van der Waals surface area contributed by atoms with Gasteiger partial charge in [-0.2, -0.15) is 5.26 Å². The minimum Gasteiger partial charge on any atom is -0.379 e. The lowest BCUT2D eigenvalue weighted by atomic mass is 9.80. The molecule has 1 saturated carbocycles. The van der Waals surface area contributed by atoms with Crippen LogP contribution in [-0.4, -0.2) is 61.3 Å². The van der Waals surface area contributed by atoms with Crippen LogP contribution in [0.5, 0.6) is 0 Å². The Labute approximate surface area is 162 Å². The van der Waals surface area contributed by atoms with Crippen LogP contribution in [0.15, 0.2) is 24.3 Å². The van der Waals surface area contributed by atoms with E-state index in [0.717, 1.165) is 44.7 Å². The van der Waals surface area contributed by atoms with Crippen LogP contribution >= 0.6 is 0 Å². The SMILES string of the molecule is CN(Cc1ccc(C#N)cc1)C(=O)NCC1(N2CCOCC2)CCCCC1. The van der Waals surface area contributed by atoms with Gasteiger partial charge in [-0.05, 0) is 30.5 Å². The van der Waals surface area contributed by atoms with Crippen LogP contribution in [0.25, 0.3) is 0 Å². The van der Waals surface area contributed by atoms with Gasteiger partial charge < -0.3 is 15.0 Å².